The molecule has 3 atom stereocenters. The molecule has 0 heterocycles. The Bertz CT molecular complexity index is 1400. The minimum absolute atomic E-state index is 0.103. The van der Waals surface area contributed by atoms with E-state index in [1.165, 1.54) is 21.0 Å². The molecule has 3 rings (SSSR count). The topological polar surface area (TPSA) is 93.7 Å². The Morgan fingerprint density at radius 3 is 2.05 bits per heavy atom. The molecule has 2 amide bonds. The Balaban J connectivity index is 1.86. The van der Waals surface area contributed by atoms with Gasteiger partial charge >= 0.3 is 6.18 Å². The van der Waals surface area contributed by atoms with Crippen molar-refractivity contribution in [2.75, 3.05) is 7.11 Å². The van der Waals surface area contributed by atoms with Crippen molar-refractivity contribution in [1.29, 1.82) is 0 Å². The Morgan fingerprint density at radius 1 is 0.860 bits per heavy atom. The lowest BCUT2D eigenvalue weighted by Gasteiger charge is -2.26. The Hall–Kier alpha value is -3.76. The standard InChI is InChI=1S/C31H31Cl2F3N2O5/c1-18(2)28(29(40)31(34,35)36)38-30(41)25(16-19-5-4-6-22(33)15-19)37-27(39)17-26(20-7-9-21(32)10-8-20)43-24-13-11-23(42-3)12-14-24/h4-15,18,25-26,28H,16-17H2,1-3H3,(H,37,39)(H,38,41)/t25?,26?,28-/m0/s1. The summed E-state index contributed by atoms with van der Waals surface area (Å²) in [5, 5.41) is 5.64. The molecule has 230 valence electrons. The first kappa shape index (κ1) is 33.7. The highest BCUT2D eigenvalue weighted by Gasteiger charge is 2.45. The predicted octanol–water partition coefficient (Wildman–Crippen LogP) is 6.51. The minimum atomic E-state index is -5.15. The first-order valence-electron chi connectivity index (χ1n) is 13.3. The summed E-state index contributed by atoms with van der Waals surface area (Å²) in [6.07, 6.45) is -6.34. The second kappa shape index (κ2) is 15.1. The molecule has 0 radical (unpaired) electrons. The van der Waals surface area contributed by atoms with Gasteiger partial charge in [-0.15, -0.1) is 0 Å². The normalized spacial score (nSPS) is 13.5. The van der Waals surface area contributed by atoms with Gasteiger partial charge in [0.15, 0.2) is 0 Å². The number of hydrogen-bond donors (Lipinski definition) is 2. The molecule has 0 aliphatic rings. The van der Waals surface area contributed by atoms with Crippen LogP contribution in [0.1, 0.15) is 37.5 Å². The summed E-state index contributed by atoms with van der Waals surface area (Å²) in [7, 11) is 1.52. The molecule has 3 aromatic rings. The smallest absolute Gasteiger partial charge is 0.452 e. The zero-order chi connectivity index (χ0) is 31.7. The average molecular weight is 639 g/mol. The first-order chi connectivity index (χ1) is 20.3. The third-order valence-electron chi connectivity index (χ3n) is 6.46. The van der Waals surface area contributed by atoms with Gasteiger partial charge in [-0.2, -0.15) is 13.2 Å². The fraction of sp³-hybridized carbons (Fsp3) is 0.323. The molecule has 2 unspecified atom stereocenters. The van der Waals surface area contributed by atoms with Crippen LogP contribution in [0, 0.1) is 5.92 Å². The van der Waals surface area contributed by atoms with Crippen molar-refractivity contribution in [3.8, 4) is 11.5 Å². The number of amides is 2. The van der Waals surface area contributed by atoms with E-state index in [1.807, 2.05) is 0 Å². The van der Waals surface area contributed by atoms with Crippen LogP contribution in [0.5, 0.6) is 11.5 Å². The van der Waals surface area contributed by atoms with Gasteiger partial charge in [-0.3, -0.25) is 14.4 Å². The Morgan fingerprint density at radius 2 is 1.49 bits per heavy atom. The van der Waals surface area contributed by atoms with E-state index in [1.54, 1.807) is 72.8 Å². The highest BCUT2D eigenvalue weighted by Crippen LogP contribution is 2.28. The quantitative estimate of drug-likeness (QED) is 0.223. The van der Waals surface area contributed by atoms with Gasteiger partial charge in [0.2, 0.25) is 11.8 Å². The third-order valence-corrected chi connectivity index (χ3v) is 6.94. The Labute approximate surface area is 257 Å². The lowest BCUT2D eigenvalue weighted by Crippen LogP contribution is -2.56. The van der Waals surface area contributed by atoms with Crippen molar-refractivity contribution in [3.63, 3.8) is 0 Å². The van der Waals surface area contributed by atoms with E-state index in [-0.39, 0.29) is 12.8 Å². The van der Waals surface area contributed by atoms with Crippen LogP contribution in [-0.2, 0) is 20.8 Å². The van der Waals surface area contributed by atoms with Crippen LogP contribution in [0.4, 0.5) is 13.2 Å². The van der Waals surface area contributed by atoms with E-state index < -0.39 is 47.9 Å². The summed E-state index contributed by atoms with van der Waals surface area (Å²) in [6.45, 7) is 2.76. The molecule has 3 aromatic carbocycles. The fourth-order valence-electron chi connectivity index (χ4n) is 4.22. The molecule has 0 aliphatic carbocycles. The van der Waals surface area contributed by atoms with Crippen molar-refractivity contribution in [1.82, 2.24) is 10.6 Å². The predicted molar refractivity (Wildman–Crippen MR) is 157 cm³/mol. The van der Waals surface area contributed by atoms with Gasteiger partial charge in [0.25, 0.3) is 5.78 Å². The molecule has 2 N–H and O–H groups in total. The largest absolute Gasteiger partial charge is 0.497 e. The molecule has 0 saturated heterocycles. The van der Waals surface area contributed by atoms with Crippen LogP contribution < -0.4 is 20.1 Å². The van der Waals surface area contributed by atoms with Gasteiger partial charge in [0.05, 0.1) is 19.6 Å². The molecule has 0 spiro atoms. The monoisotopic (exact) mass is 638 g/mol. The summed E-state index contributed by atoms with van der Waals surface area (Å²) in [6, 6.07) is 16.7. The van der Waals surface area contributed by atoms with Gasteiger partial charge in [-0.25, -0.2) is 0 Å². The summed E-state index contributed by atoms with van der Waals surface area (Å²) in [5.74, 6) is -3.49. The van der Waals surface area contributed by atoms with E-state index in [4.69, 9.17) is 32.7 Å². The number of hydrogen-bond acceptors (Lipinski definition) is 5. The lowest BCUT2D eigenvalue weighted by molar-refractivity contribution is -0.175. The number of ether oxygens (including phenoxy) is 2. The number of carbonyl (C=O) groups excluding carboxylic acids is 3. The molecule has 0 fully saturated rings. The minimum Gasteiger partial charge on any atom is -0.497 e. The SMILES string of the molecule is COc1ccc(OC(CC(=O)NC(Cc2cccc(Cl)c2)C(=O)N[C@H](C(=O)C(F)(F)F)C(C)C)c2ccc(Cl)cc2)cc1. The molecule has 7 nitrogen and oxygen atoms in total. The van der Waals surface area contributed by atoms with Crippen molar-refractivity contribution < 1.29 is 37.0 Å². The molecule has 12 heteroatoms. The zero-order valence-electron chi connectivity index (χ0n) is 23.6. The van der Waals surface area contributed by atoms with E-state index in [0.717, 1.165) is 0 Å². The van der Waals surface area contributed by atoms with Crippen molar-refractivity contribution in [3.05, 3.63) is 94.0 Å². The van der Waals surface area contributed by atoms with Gasteiger partial charge in [0.1, 0.15) is 23.6 Å². The number of alkyl halides is 3. The van der Waals surface area contributed by atoms with Crippen LogP contribution in [-0.4, -0.2) is 43.0 Å². The van der Waals surface area contributed by atoms with Gasteiger partial charge in [0, 0.05) is 16.5 Å². The van der Waals surface area contributed by atoms with Crippen molar-refractivity contribution in [2.45, 2.75) is 51.1 Å². The molecular formula is C31H31Cl2F3N2O5. The maximum absolute atomic E-state index is 13.4. The maximum atomic E-state index is 13.4. The van der Waals surface area contributed by atoms with Crippen molar-refractivity contribution >= 4 is 40.8 Å². The molecule has 0 aromatic heterocycles. The number of nitrogens with one attached hydrogen (secondary N) is 2. The van der Waals surface area contributed by atoms with Gasteiger partial charge in [-0.1, -0.05) is 61.3 Å². The average Bonchev–Trinajstić information content (AvgIpc) is 2.95. The number of carbonyl (C=O) groups is 3. The third kappa shape index (κ3) is 10.2. The first-order valence-corrected chi connectivity index (χ1v) is 14.0. The molecular weight excluding hydrogens is 608 g/mol. The van der Waals surface area contributed by atoms with Gasteiger partial charge < -0.3 is 20.1 Å². The van der Waals surface area contributed by atoms with Crippen LogP contribution in [0.2, 0.25) is 10.0 Å². The summed E-state index contributed by atoms with van der Waals surface area (Å²) in [5.41, 5.74) is 1.15. The number of ketones is 1. The molecule has 0 aliphatic heterocycles. The van der Waals surface area contributed by atoms with Crippen LogP contribution in [0.15, 0.2) is 72.8 Å². The zero-order valence-corrected chi connectivity index (χ0v) is 25.1. The lowest BCUT2D eigenvalue weighted by atomic mass is 9.97. The van der Waals surface area contributed by atoms with Crippen LogP contribution in [0.25, 0.3) is 0 Å². The number of methoxy groups -OCH3 is 1. The molecule has 0 saturated carbocycles. The maximum Gasteiger partial charge on any atom is 0.452 e. The number of rotatable bonds is 13. The number of Topliss-reactive ketones (excluding diaryl/α,β-unsaturated/α-hetero) is 1. The van der Waals surface area contributed by atoms with E-state index in [0.29, 0.717) is 32.7 Å². The summed E-state index contributed by atoms with van der Waals surface area (Å²) in [4.78, 5) is 38.8. The van der Waals surface area contributed by atoms with Crippen molar-refractivity contribution in [2.24, 2.45) is 5.92 Å². The van der Waals surface area contributed by atoms with E-state index in [9.17, 15) is 27.6 Å². The molecule has 0 bridgehead atoms. The molecule has 43 heavy (non-hydrogen) atoms. The second-order valence-electron chi connectivity index (χ2n) is 10.1. The highest BCUT2D eigenvalue weighted by atomic mass is 35.5. The van der Waals surface area contributed by atoms with Gasteiger partial charge in [-0.05, 0) is 65.6 Å². The number of benzene rings is 3. The van der Waals surface area contributed by atoms with Crippen LogP contribution >= 0.6 is 23.2 Å². The highest BCUT2D eigenvalue weighted by molar-refractivity contribution is 6.30. The second-order valence-corrected chi connectivity index (χ2v) is 11.0. The van der Waals surface area contributed by atoms with E-state index >= 15 is 0 Å². The fourth-order valence-corrected chi connectivity index (χ4v) is 4.56. The van der Waals surface area contributed by atoms with Crippen LogP contribution in [0.3, 0.4) is 0 Å². The summed E-state index contributed by atoms with van der Waals surface area (Å²) < 4.78 is 51.0. The summed E-state index contributed by atoms with van der Waals surface area (Å²) >= 11 is 12.1. The number of halogens is 5. The van der Waals surface area contributed by atoms with E-state index in [2.05, 4.69) is 10.6 Å². The Kier molecular flexibility index (Phi) is 11.9.